The molecule has 2 N–H and O–H groups in total. The van der Waals surface area contributed by atoms with Crippen LogP contribution in [0.3, 0.4) is 0 Å². The smallest absolute Gasteiger partial charge is 0.258 e. The highest BCUT2D eigenvalue weighted by atomic mass is 79.9. The average Bonchev–Trinajstić information content (AvgIpc) is 2.92. The molecule has 0 bridgehead atoms. The second kappa shape index (κ2) is 5.38. The lowest BCUT2D eigenvalue weighted by molar-refractivity contribution is 0.432. The Kier molecular flexibility index (Phi) is 3.58. The standard InChI is InChI=1S/C14H9Br2N3O/c15-10-3-1-2-8(6-10)13-18-14(20-19-13)9-4-5-12(17)11(16)7-9/h1-7H,17H2. The van der Waals surface area contributed by atoms with E-state index in [0.717, 1.165) is 20.1 Å². The summed E-state index contributed by atoms with van der Waals surface area (Å²) in [6.45, 7) is 0. The molecule has 0 saturated heterocycles. The third-order valence-corrected chi connectivity index (χ3v) is 3.94. The summed E-state index contributed by atoms with van der Waals surface area (Å²) in [6.07, 6.45) is 0. The van der Waals surface area contributed by atoms with Crippen molar-refractivity contribution < 1.29 is 4.52 Å². The predicted molar refractivity (Wildman–Crippen MR) is 85.0 cm³/mol. The van der Waals surface area contributed by atoms with Crippen molar-refractivity contribution in [3.63, 3.8) is 0 Å². The van der Waals surface area contributed by atoms with Gasteiger partial charge in [-0.05, 0) is 46.3 Å². The average molecular weight is 395 g/mol. The summed E-state index contributed by atoms with van der Waals surface area (Å²) in [7, 11) is 0. The van der Waals surface area contributed by atoms with Crippen LogP contribution in [-0.4, -0.2) is 10.1 Å². The van der Waals surface area contributed by atoms with Crippen molar-refractivity contribution in [2.45, 2.75) is 0 Å². The van der Waals surface area contributed by atoms with E-state index in [1.54, 1.807) is 6.07 Å². The number of hydrogen-bond acceptors (Lipinski definition) is 4. The molecule has 3 aromatic rings. The van der Waals surface area contributed by atoms with Gasteiger partial charge in [0.2, 0.25) is 5.82 Å². The van der Waals surface area contributed by atoms with Gasteiger partial charge in [-0.15, -0.1) is 0 Å². The first kappa shape index (κ1) is 13.3. The van der Waals surface area contributed by atoms with Crippen molar-refractivity contribution in [1.82, 2.24) is 10.1 Å². The maximum Gasteiger partial charge on any atom is 0.258 e. The Morgan fingerprint density at radius 3 is 2.60 bits per heavy atom. The van der Waals surface area contributed by atoms with Crippen molar-refractivity contribution in [3.8, 4) is 22.8 Å². The molecule has 0 atom stereocenters. The van der Waals surface area contributed by atoms with Crippen molar-refractivity contribution in [2.24, 2.45) is 0 Å². The molecule has 0 aliphatic rings. The van der Waals surface area contributed by atoms with Crippen LogP contribution >= 0.6 is 31.9 Å². The number of aromatic nitrogens is 2. The molecule has 0 fully saturated rings. The molecule has 20 heavy (non-hydrogen) atoms. The predicted octanol–water partition coefficient (Wildman–Crippen LogP) is 4.51. The van der Waals surface area contributed by atoms with E-state index < -0.39 is 0 Å². The van der Waals surface area contributed by atoms with Crippen LogP contribution in [0.25, 0.3) is 22.8 Å². The van der Waals surface area contributed by atoms with Gasteiger partial charge in [-0.2, -0.15) is 4.98 Å². The SMILES string of the molecule is Nc1ccc(-c2nc(-c3cccc(Br)c3)no2)cc1Br. The van der Waals surface area contributed by atoms with E-state index in [1.165, 1.54) is 0 Å². The Bertz CT molecular complexity index is 771. The summed E-state index contributed by atoms with van der Waals surface area (Å²) in [6, 6.07) is 13.2. The Labute approximate surface area is 132 Å². The number of anilines is 1. The summed E-state index contributed by atoms with van der Waals surface area (Å²) in [5.74, 6) is 1.01. The van der Waals surface area contributed by atoms with E-state index in [9.17, 15) is 0 Å². The minimum absolute atomic E-state index is 0.459. The van der Waals surface area contributed by atoms with E-state index in [4.69, 9.17) is 10.3 Å². The normalized spacial score (nSPS) is 10.7. The fourth-order valence-corrected chi connectivity index (χ4v) is 2.52. The molecule has 4 nitrogen and oxygen atoms in total. The lowest BCUT2D eigenvalue weighted by Gasteiger charge is -1.99. The van der Waals surface area contributed by atoms with E-state index >= 15 is 0 Å². The Hall–Kier alpha value is -1.66. The number of nitrogens with two attached hydrogens (primary N) is 1. The highest BCUT2D eigenvalue weighted by Gasteiger charge is 2.11. The zero-order valence-electron chi connectivity index (χ0n) is 10.2. The van der Waals surface area contributed by atoms with Gasteiger partial charge in [-0.25, -0.2) is 0 Å². The maximum atomic E-state index is 5.76. The Morgan fingerprint density at radius 2 is 1.85 bits per heavy atom. The van der Waals surface area contributed by atoms with Crippen molar-refractivity contribution in [1.29, 1.82) is 0 Å². The summed E-state index contributed by atoms with van der Waals surface area (Å²) < 4.78 is 7.07. The van der Waals surface area contributed by atoms with Crippen LogP contribution in [0.1, 0.15) is 0 Å². The molecular weight excluding hydrogens is 386 g/mol. The van der Waals surface area contributed by atoms with E-state index in [-0.39, 0.29) is 0 Å². The second-order valence-corrected chi connectivity index (χ2v) is 5.94. The van der Waals surface area contributed by atoms with E-state index in [0.29, 0.717) is 17.4 Å². The van der Waals surface area contributed by atoms with Crippen LogP contribution in [0.5, 0.6) is 0 Å². The molecule has 0 saturated carbocycles. The molecule has 1 heterocycles. The largest absolute Gasteiger partial charge is 0.398 e. The van der Waals surface area contributed by atoms with Gasteiger partial charge in [0.1, 0.15) is 0 Å². The monoisotopic (exact) mass is 393 g/mol. The minimum atomic E-state index is 0.459. The van der Waals surface area contributed by atoms with Gasteiger partial charge < -0.3 is 10.3 Å². The minimum Gasteiger partial charge on any atom is -0.398 e. The van der Waals surface area contributed by atoms with Gasteiger partial charge in [0.15, 0.2) is 0 Å². The van der Waals surface area contributed by atoms with Crippen molar-refractivity contribution >= 4 is 37.5 Å². The number of hydrogen-bond donors (Lipinski definition) is 1. The van der Waals surface area contributed by atoms with Gasteiger partial charge in [-0.3, -0.25) is 0 Å². The van der Waals surface area contributed by atoms with Gasteiger partial charge >= 0.3 is 0 Å². The Morgan fingerprint density at radius 1 is 1.00 bits per heavy atom. The summed E-state index contributed by atoms with van der Waals surface area (Å²) in [5.41, 5.74) is 8.14. The molecule has 0 amide bonds. The topological polar surface area (TPSA) is 64.9 Å². The summed E-state index contributed by atoms with van der Waals surface area (Å²) in [4.78, 5) is 4.40. The molecule has 1 aromatic heterocycles. The zero-order chi connectivity index (χ0) is 14.1. The third kappa shape index (κ3) is 2.62. The molecular formula is C14H9Br2N3O. The van der Waals surface area contributed by atoms with E-state index in [2.05, 4.69) is 42.0 Å². The number of rotatable bonds is 2. The highest BCUT2D eigenvalue weighted by Crippen LogP contribution is 2.28. The fourth-order valence-electron chi connectivity index (χ4n) is 1.75. The van der Waals surface area contributed by atoms with Crippen LogP contribution < -0.4 is 5.73 Å². The van der Waals surface area contributed by atoms with Crippen molar-refractivity contribution in [3.05, 3.63) is 51.4 Å². The van der Waals surface area contributed by atoms with Crippen LogP contribution in [-0.2, 0) is 0 Å². The first-order chi connectivity index (χ1) is 9.63. The van der Waals surface area contributed by atoms with Crippen LogP contribution in [0.4, 0.5) is 5.69 Å². The molecule has 0 aliphatic carbocycles. The van der Waals surface area contributed by atoms with E-state index in [1.807, 2.05) is 36.4 Å². The summed E-state index contributed by atoms with van der Waals surface area (Å²) in [5, 5.41) is 4.00. The van der Waals surface area contributed by atoms with Crippen molar-refractivity contribution in [2.75, 3.05) is 5.73 Å². The quantitative estimate of drug-likeness (QED) is 0.649. The maximum absolute atomic E-state index is 5.76. The first-order valence-corrected chi connectivity index (χ1v) is 7.37. The number of nitrogens with zero attached hydrogens (tertiary/aromatic N) is 2. The molecule has 100 valence electrons. The molecule has 0 unspecified atom stereocenters. The molecule has 0 spiro atoms. The summed E-state index contributed by atoms with van der Waals surface area (Å²) >= 11 is 6.81. The number of halogens is 2. The van der Waals surface area contributed by atoms with Crippen LogP contribution in [0, 0.1) is 0 Å². The molecule has 0 aliphatic heterocycles. The first-order valence-electron chi connectivity index (χ1n) is 5.78. The highest BCUT2D eigenvalue weighted by molar-refractivity contribution is 9.10. The van der Waals surface area contributed by atoms with Gasteiger partial charge in [0.05, 0.1) is 0 Å². The third-order valence-electron chi connectivity index (χ3n) is 2.76. The molecule has 3 rings (SSSR count). The van der Waals surface area contributed by atoms with Crippen LogP contribution in [0.15, 0.2) is 55.9 Å². The van der Waals surface area contributed by atoms with Gasteiger partial charge in [0.25, 0.3) is 5.89 Å². The van der Waals surface area contributed by atoms with Gasteiger partial charge in [-0.1, -0.05) is 33.2 Å². The number of nitrogen functional groups attached to an aromatic ring is 1. The second-order valence-electron chi connectivity index (χ2n) is 4.17. The van der Waals surface area contributed by atoms with Gasteiger partial charge in [0, 0.05) is 25.8 Å². The fraction of sp³-hybridized carbons (Fsp3) is 0. The lowest BCUT2D eigenvalue weighted by Crippen LogP contribution is -1.87. The molecule has 6 heteroatoms. The zero-order valence-corrected chi connectivity index (χ0v) is 13.3. The van der Waals surface area contributed by atoms with Crippen LogP contribution in [0.2, 0.25) is 0 Å². The molecule has 2 aromatic carbocycles. The lowest BCUT2D eigenvalue weighted by atomic mass is 10.2. The number of benzene rings is 2. The Balaban J connectivity index is 1.99. The molecule has 0 radical (unpaired) electrons.